The van der Waals surface area contributed by atoms with Crippen molar-refractivity contribution < 1.29 is 14.6 Å². The SMILES string of the molecule is CCC(C)(C)/C=C/n1ncc(C(=O)N[C@@H]2C3CC(C)C[C@@]4(CO)CC2C4C3)c1N1CCOCC1. The lowest BCUT2D eigenvalue weighted by molar-refractivity contribution is -0.0876. The van der Waals surface area contributed by atoms with E-state index in [1.807, 2.05) is 10.9 Å². The summed E-state index contributed by atoms with van der Waals surface area (Å²) in [5, 5.41) is 18.3. The van der Waals surface area contributed by atoms with E-state index in [9.17, 15) is 9.90 Å². The van der Waals surface area contributed by atoms with Gasteiger partial charge in [-0.05, 0) is 66.6 Å². The zero-order valence-electron chi connectivity index (χ0n) is 21.3. The number of ether oxygens (including phenoxy) is 1. The Bertz CT molecular complexity index is 934. The van der Waals surface area contributed by atoms with E-state index >= 15 is 0 Å². The summed E-state index contributed by atoms with van der Waals surface area (Å²) in [5.41, 5.74) is 0.816. The third-order valence-electron chi connectivity index (χ3n) is 9.45. The fourth-order valence-electron chi connectivity index (χ4n) is 7.26. The van der Waals surface area contributed by atoms with Crippen LogP contribution in [0.1, 0.15) is 70.2 Å². The Morgan fingerprint density at radius 1 is 1.32 bits per heavy atom. The molecule has 1 aromatic rings. The van der Waals surface area contributed by atoms with E-state index in [2.05, 4.69) is 49.1 Å². The second-order valence-corrected chi connectivity index (χ2v) is 12.1. The first kappa shape index (κ1) is 23.9. The predicted octanol–water partition coefficient (Wildman–Crippen LogP) is 3.79. The minimum absolute atomic E-state index is 0.0127. The molecule has 0 spiro atoms. The van der Waals surface area contributed by atoms with Gasteiger partial charge in [-0.3, -0.25) is 4.79 Å². The first-order chi connectivity index (χ1) is 16.3. The van der Waals surface area contributed by atoms with Crippen molar-refractivity contribution in [2.24, 2.45) is 34.5 Å². The van der Waals surface area contributed by atoms with E-state index < -0.39 is 0 Å². The molecule has 1 saturated heterocycles. The maximum absolute atomic E-state index is 13.7. The number of nitrogens with one attached hydrogen (secondary N) is 1. The zero-order chi connectivity index (χ0) is 24.1. The van der Waals surface area contributed by atoms with E-state index in [0.717, 1.165) is 51.0 Å². The van der Waals surface area contributed by atoms with Gasteiger partial charge < -0.3 is 20.1 Å². The molecule has 6 atom stereocenters. The fraction of sp³-hybridized carbons (Fsp3) is 0.778. The smallest absolute Gasteiger partial charge is 0.256 e. The van der Waals surface area contributed by atoms with E-state index in [-0.39, 0.29) is 22.8 Å². The Hall–Kier alpha value is -1.86. The van der Waals surface area contributed by atoms with E-state index in [1.54, 1.807) is 6.20 Å². The second-order valence-electron chi connectivity index (χ2n) is 12.1. The van der Waals surface area contributed by atoms with Crippen molar-refractivity contribution in [2.75, 3.05) is 37.8 Å². The molecule has 4 aliphatic rings. The van der Waals surface area contributed by atoms with Gasteiger partial charge in [-0.1, -0.05) is 33.8 Å². The average molecular weight is 471 g/mol. The van der Waals surface area contributed by atoms with Crippen molar-refractivity contribution >= 4 is 17.9 Å². The molecule has 2 bridgehead atoms. The number of carbonyl (C=O) groups excluding carboxylic acids is 1. The lowest BCUT2D eigenvalue weighted by atomic mass is 9.51. The Morgan fingerprint density at radius 3 is 2.79 bits per heavy atom. The second kappa shape index (κ2) is 8.98. The number of hydrogen-bond acceptors (Lipinski definition) is 5. The minimum Gasteiger partial charge on any atom is -0.396 e. The minimum atomic E-state index is -0.0127. The summed E-state index contributed by atoms with van der Waals surface area (Å²) in [4.78, 5) is 15.9. The Labute approximate surface area is 203 Å². The van der Waals surface area contributed by atoms with Crippen molar-refractivity contribution in [1.29, 1.82) is 0 Å². The van der Waals surface area contributed by atoms with Crippen LogP contribution in [-0.4, -0.2) is 59.7 Å². The van der Waals surface area contributed by atoms with Gasteiger partial charge in [0.15, 0.2) is 0 Å². The zero-order valence-corrected chi connectivity index (χ0v) is 21.3. The van der Waals surface area contributed by atoms with E-state index in [0.29, 0.717) is 49.1 Å². The molecule has 0 radical (unpaired) electrons. The van der Waals surface area contributed by atoms with Crippen LogP contribution >= 0.6 is 0 Å². The van der Waals surface area contributed by atoms with Gasteiger partial charge in [0.05, 0.1) is 19.4 Å². The highest BCUT2D eigenvalue weighted by molar-refractivity contribution is 5.99. The Balaban J connectivity index is 1.40. The number of nitrogens with zero attached hydrogens (tertiary/aromatic N) is 3. The van der Waals surface area contributed by atoms with Crippen LogP contribution in [-0.2, 0) is 4.74 Å². The molecule has 7 heteroatoms. The summed E-state index contributed by atoms with van der Waals surface area (Å²) in [6.07, 6.45) is 11.4. The molecular weight excluding hydrogens is 428 g/mol. The number of carbonyl (C=O) groups is 1. The first-order valence-corrected chi connectivity index (χ1v) is 13.3. The van der Waals surface area contributed by atoms with Gasteiger partial charge in [-0.2, -0.15) is 5.10 Å². The Morgan fingerprint density at radius 2 is 2.09 bits per heavy atom. The highest BCUT2D eigenvalue weighted by atomic mass is 16.5. The molecule has 3 aliphatic carbocycles. The number of aromatic nitrogens is 2. The summed E-state index contributed by atoms with van der Waals surface area (Å²) in [5.74, 6) is 3.02. The van der Waals surface area contributed by atoms with Gasteiger partial charge in [0.1, 0.15) is 11.4 Å². The maximum atomic E-state index is 13.7. The highest BCUT2D eigenvalue weighted by Crippen LogP contribution is 2.66. The third-order valence-corrected chi connectivity index (χ3v) is 9.45. The molecule has 188 valence electrons. The molecule has 1 amide bonds. The number of morpholine rings is 1. The van der Waals surface area contributed by atoms with Gasteiger partial charge in [-0.15, -0.1) is 0 Å². The number of hydrogen-bond donors (Lipinski definition) is 2. The molecule has 4 fully saturated rings. The number of allylic oxidation sites excluding steroid dienone is 1. The molecule has 3 saturated carbocycles. The van der Waals surface area contributed by atoms with Crippen LogP contribution in [0.15, 0.2) is 12.3 Å². The standard InChI is InChI=1S/C27H42N4O3/c1-5-26(3,4)6-7-31-25(30-8-10-34-11-9-30)21(16-28-31)24(33)29-23-19-12-18(2)14-27(17-32)15-20(23)22(27)13-19/h6-7,16,18-20,22-23,32H,5,8-15,17H2,1-4H3,(H,29,33)/b7-6+/t18?,19?,20?,22?,23-,27+/m1/s1. The molecule has 1 aliphatic heterocycles. The Kier molecular flexibility index (Phi) is 6.30. The van der Waals surface area contributed by atoms with Crippen LogP contribution < -0.4 is 10.2 Å². The molecule has 1 aromatic heterocycles. The van der Waals surface area contributed by atoms with Crippen LogP contribution in [0.25, 0.3) is 6.20 Å². The topological polar surface area (TPSA) is 79.6 Å². The predicted molar refractivity (Wildman–Crippen MR) is 134 cm³/mol. The van der Waals surface area contributed by atoms with Crippen molar-refractivity contribution in [1.82, 2.24) is 15.1 Å². The van der Waals surface area contributed by atoms with Gasteiger partial charge in [-0.25, -0.2) is 4.68 Å². The van der Waals surface area contributed by atoms with Crippen LogP contribution in [0, 0.1) is 34.5 Å². The lowest BCUT2D eigenvalue weighted by Crippen LogP contribution is -2.56. The van der Waals surface area contributed by atoms with Crippen molar-refractivity contribution in [3.05, 3.63) is 17.8 Å². The number of amides is 1. The molecule has 34 heavy (non-hydrogen) atoms. The molecule has 2 heterocycles. The largest absolute Gasteiger partial charge is 0.396 e. The fourth-order valence-corrected chi connectivity index (χ4v) is 7.26. The number of rotatable bonds is 7. The number of aliphatic hydroxyl groups is 1. The van der Waals surface area contributed by atoms with Crippen molar-refractivity contribution in [3.63, 3.8) is 0 Å². The van der Waals surface area contributed by atoms with Crippen LogP contribution in [0.3, 0.4) is 0 Å². The highest BCUT2D eigenvalue weighted by Gasteiger charge is 2.63. The first-order valence-electron chi connectivity index (χ1n) is 13.3. The summed E-state index contributed by atoms with van der Waals surface area (Å²) in [7, 11) is 0. The molecule has 5 rings (SSSR count). The lowest BCUT2D eigenvalue weighted by Gasteiger charge is -2.55. The van der Waals surface area contributed by atoms with Crippen LogP contribution in [0.5, 0.6) is 0 Å². The van der Waals surface area contributed by atoms with E-state index in [1.165, 1.54) is 0 Å². The van der Waals surface area contributed by atoms with Gasteiger partial charge in [0, 0.05) is 31.9 Å². The normalized spacial score (nSPS) is 35.3. The average Bonchev–Trinajstić information content (AvgIpc) is 3.33. The summed E-state index contributed by atoms with van der Waals surface area (Å²) in [6.45, 7) is 12.0. The van der Waals surface area contributed by atoms with E-state index in [4.69, 9.17) is 4.74 Å². The summed E-state index contributed by atoms with van der Waals surface area (Å²) in [6, 6.07) is 0.204. The van der Waals surface area contributed by atoms with Crippen LogP contribution in [0.2, 0.25) is 0 Å². The van der Waals surface area contributed by atoms with Gasteiger partial charge in [0.25, 0.3) is 5.91 Å². The summed E-state index contributed by atoms with van der Waals surface area (Å²) >= 11 is 0. The molecule has 0 aromatic carbocycles. The monoisotopic (exact) mass is 470 g/mol. The number of fused-ring (bicyclic) bond motifs is 1. The number of aliphatic hydroxyl groups excluding tert-OH is 1. The molecule has 7 nitrogen and oxygen atoms in total. The van der Waals surface area contributed by atoms with Gasteiger partial charge >= 0.3 is 0 Å². The van der Waals surface area contributed by atoms with Gasteiger partial charge in [0.2, 0.25) is 0 Å². The molecular formula is C27H42N4O3. The maximum Gasteiger partial charge on any atom is 0.256 e. The van der Waals surface area contributed by atoms with Crippen molar-refractivity contribution in [2.45, 2.75) is 65.8 Å². The third kappa shape index (κ3) is 4.09. The van der Waals surface area contributed by atoms with Crippen molar-refractivity contribution in [3.8, 4) is 0 Å². The summed E-state index contributed by atoms with van der Waals surface area (Å²) < 4.78 is 7.45. The quantitative estimate of drug-likeness (QED) is 0.634. The molecule has 4 unspecified atom stereocenters. The molecule has 2 N–H and O–H groups in total. The van der Waals surface area contributed by atoms with Crippen LogP contribution in [0.4, 0.5) is 5.82 Å². The number of anilines is 1.